The van der Waals surface area contributed by atoms with Crippen LogP contribution < -0.4 is 29.6 Å². The normalized spacial score (nSPS) is 21.4. The number of allylic oxidation sites excluding steroid dienone is 4. The molecule has 0 fully saturated rings. The molecule has 0 bridgehead atoms. The maximum atomic E-state index is 3.44. The van der Waals surface area contributed by atoms with Crippen LogP contribution in [0.5, 0.6) is 0 Å². The van der Waals surface area contributed by atoms with Gasteiger partial charge in [0.25, 0.3) is 0 Å². The predicted octanol–water partition coefficient (Wildman–Crippen LogP) is 0.116. The second-order valence-electron chi connectivity index (χ2n) is 3.62. The van der Waals surface area contributed by atoms with E-state index in [4.69, 9.17) is 0 Å². The summed E-state index contributed by atoms with van der Waals surface area (Å²) < 4.78 is 0. The smallest absolute Gasteiger partial charge is 0.263 e. The number of hydrogen-bond donors (Lipinski definition) is 0. The minimum Gasteiger partial charge on any atom is -0.263 e. The van der Waals surface area contributed by atoms with Gasteiger partial charge < -0.3 is 0 Å². The van der Waals surface area contributed by atoms with Crippen molar-refractivity contribution in [3.8, 4) is 0 Å². The Balaban J connectivity index is 0.000001000. The van der Waals surface area contributed by atoms with Crippen LogP contribution in [0.2, 0.25) is 0 Å². The van der Waals surface area contributed by atoms with Gasteiger partial charge in [-0.2, -0.15) is 11.1 Å². The van der Waals surface area contributed by atoms with Gasteiger partial charge in [-0.25, -0.2) is 5.57 Å². The first-order valence-electron chi connectivity index (χ1n) is 3.75. The van der Waals surface area contributed by atoms with Gasteiger partial charge in [-0.1, -0.05) is 33.1 Å². The molecule has 11 heavy (non-hydrogen) atoms. The van der Waals surface area contributed by atoms with Crippen molar-refractivity contribution in [2.45, 2.75) is 34.6 Å². The first kappa shape index (κ1) is 11.5. The summed E-state index contributed by atoms with van der Waals surface area (Å²) in [7, 11) is 0. The Morgan fingerprint density at radius 3 is 1.64 bits per heavy atom. The second kappa shape index (κ2) is 3.47. The molecule has 0 aromatic rings. The van der Waals surface area contributed by atoms with E-state index in [2.05, 4.69) is 40.7 Å². The second-order valence-corrected chi connectivity index (χ2v) is 3.62. The van der Waals surface area contributed by atoms with Crippen LogP contribution in [0.25, 0.3) is 0 Å². The fourth-order valence-electron chi connectivity index (χ4n) is 1.41. The van der Waals surface area contributed by atoms with Crippen molar-refractivity contribution < 1.29 is 29.6 Å². The molecule has 0 aromatic heterocycles. The molecule has 1 rings (SSSR count). The zero-order valence-corrected chi connectivity index (χ0v) is 10.5. The van der Waals surface area contributed by atoms with Crippen molar-refractivity contribution in [1.29, 1.82) is 0 Å². The van der Waals surface area contributed by atoms with E-state index in [0.29, 0.717) is 0 Å². The Hall–Kier alpha value is 0.480. The van der Waals surface area contributed by atoms with E-state index in [1.54, 1.807) is 0 Å². The van der Waals surface area contributed by atoms with Crippen LogP contribution in [0.3, 0.4) is 0 Å². The summed E-state index contributed by atoms with van der Waals surface area (Å²) >= 11 is 0. The van der Waals surface area contributed by atoms with Crippen molar-refractivity contribution in [2.75, 3.05) is 0 Å². The van der Waals surface area contributed by atoms with E-state index in [0.717, 1.165) is 0 Å². The average Bonchev–Trinajstić information content (AvgIpc) is 1.95. The molecular formula is C10H15Na. The van der Waals surface area contributed by atoms with E-state index in [1.165, 1.54) is 16.7 Å². The summed E-state index contributed by atoms with van der Waals surface area (Å²) in [5.41, 5.74) is 4.39. The first-order valence-corrected chi connectivity index (χ1v) is 3.75. The van der Waals surface area contributed by atoms with Gasteiger partial charge in [0.1, 0.15) is 0 Å². The molecule has 0 radical (unpaired) electrons. The zero-order valence-electron chi connectivity index (χ0n) is 8.50. The summed E-state index contributed by atoms with van der Waals surface area (Å²) in [4.78, 5) is 0. The molecule has 1 heteroatoms. The van der Waals surface area contributed by atoms with Gasteiger partial charge in [0.15, 0.2) is 0 Å². The van der Waals surface area contributed by atoms with Crippen molar-refractivity contribution in [1.82, 2.24) is 0 Å². The zero-order chi connectivity index (χ0) is 7.94. The molecule has 0 atom stereocenters. The number of hydrogen-bond acceptors (Lipinski definition) is 0. The van der Waals surface area contributed by atoms with Gasteiger partial charge in [0.2, 0.25) is 0 Å². The Kier molecular flexibility index (Phi) is 3.62. The summed E-state index contributed by atoms with van der Waals surface area (Å²) in [6, 6.07) is 0. The molecule has 1 aliphatic carbocycles. The van der Waals surface area contributed by atoms with Crippen LogP contribution >= 0.6 is 0 Å². The third-order valence-electron chi connectivity index (χ3n) is 2.56. The van der Waals surface area contributed by atoms with Crippen LogP contribution in [0, 0.1) is 11.5 Å². The molecule has 0 spiro atoms. The van der Waals surface area contributed by atoms with E-state index >= 15 is 0 Å². The maximum Gasteiger partial charge on any atom is 1.00 e. The fourth-order valence-corrected chi connectivity index (χ4v) is 1.41. The molecule has 0 N–H and O–H groups in total. The fraction of sp³-hybridized carbons (Fsp3) is 0.600. The number of rotatable bonds is 0. The third-order valence-corrected chi connectivity index (χ3v) is 2.56. The Morgan fingerprint density at radius 1 is 1.09 bits per heavy atom. The molecule has 0 saturated carbocycles. The monoisotopic (exact) mass is 158 g/mol. The molecule has 0 saturated heterocycles. The Bertz CT molecular complexity index is 219. The Morgan fingerprint density at radius 2 is 1.55 bits per heavy atom. The molecule has 56 valence electrons. The summed E-state index contributed by atoms with van der Waals surface area (Å²) in [5.74, 6) is 0. The largest absolute Gasteiger partial charge is 1.00 e. The minimum atomic E-state index is 0. The van der Waals surface area contributed by atoms with E-state index in [-0.39, 0.29) is 35.0 Å². The molecule has 0 nitrogen and oxygen atoms in total. The summed E-state index contributed by atoms with van der Waals surface area (Å²) in [6.45, 7) is 10.9. The van der Waals surface area contributed by atoms with Crippen LogP contribution in [-0.2, 0) is 0 Å². The SMILES string of the molecule is CC1=[C-]C(C)(C)C(C)=C1C.[Na+]. The average molecular weight is 158 g/mol. The van der Waals surface area contributed by atoms with Crippen molar-refractivity contribution >= 4 is 0 Å². The van der Waals surface area contributed by atoms with E-state index in [1.807, 2.05) is 0 Å². The molecule has 0 heterocycles. The van der Waals surface area contributed by atoms with Gasteiger partial charge in [-0.3, -0.25) is 6.08 Å². The molecule has 1 aliphatic rings. The third kappa shape index (κ3) is 1.99. The minimum absolute atomic E-state index is 0. The molecule has 0 aliphatic heterocycles. The molecular weight excluding hydrogens is 143 g/mol. The molecule has 0 unspecified atom stereocenters. The standard InChI is InChI=1S/C10H15.Na/c1-7-6-10(4,5)9(3)8(7)2;/h1-5H3;/q-1;+1. The van der Waals surface area contributed by atoms with E-state index < -0.39 is 0 Å². The van der Waals surface area contributed by atoms with Crippen LogP contribution in [0.15, 0.2) is 16.7 Å². The van der Waals surface area contributed by atoms with Crippen LogP contribution in [0.4, 0.5) is 0 Å². The first-order chi connectivity index (χ1) is 4.45. The quantitative estimate of drug-likeness (QED) is 0.347. The van der Waals surface area contributed by atoms with Gasteiger partial charge in [0, 0.05) is 0 Å². The molecule has 0 aromatic carbocycles. The summed E-state index contributed by atoms with van der Waals surface area (Å²) in [5, 5.41) is 0. The van der Waals surface area contributed by atoms with Gasteiger partial charge in [-0.15, -0.1) is 6.92 Å². The van der Waals surface area contributed by atoms with Gasteiger partial charge in [0.05, 0.1) is 0 Å². The van der Waals surface area contributed by atoms with Crippen molar-refractivity contribution in [3.05, 3.63) is 22.8 Å². The van der Waals surface area contributed by atoms with Crippen LogP contribution in [-0.4, -0.2) is 0 Å². The predicted molar refractivity (Wildman–Crippen MR) is 44.6 cm³/mol. The topological polar surface area (TPSA) is 0 Å². The van der Waals surface area contributed by atoms with Crippen molar-refractivity contribution in [2.24, 2.45) is 5.41 Å². The summed E-state index contributed by atoms with van der Waals surface area (Å²) in [6.07, 6.45) is 3.44. The Labute approximate surface area is 92.1 Å². The maximum absolute atomic E-state index is 3.44. The van der Waals surface area contributed by atoms with Gasteiger partial charge in [-0.05, 0) is 0 Å². The van der Waals surface area contributed by atoms with Crippen LogP contribution in [0.1, 0.15) is 34.6 Å². The van der Waals surface area contributed by atoms with Gasteiger partial charge >= 0.3 is 29.6 Å². The van der Waals surface area contributed by atoms with E-state index in [9.17, 15) is 0 Å². The molecule has 0 amide bonds. The van der Waals surface area contributed by atoms with Crippen molar-refractivity contribution in [3.63, 3.8) is 0 Å².